The summed E-state index contributed by atoms with van der Waals surface area (Å²) in [6, 6.07) is 0. The largest absolute Gasteiger partial charge is 0.122 e. The summed E-state index contributed by atoms with van der Waals surface area (Å²) in [5, 5.41) is 2.30. The van der Waals surface area contributed by atoms with E-state index in [4.69, 9.17) is 11.6 Å². The Morgan fingerprint density at radius 3 is 2.36 bits per heavy atom. The molecule has 0 aliphatic heterocycles. The van der Waals surface area contributed by atoms with Crippen molar-refractivity contribution in [2.75, 3.05) is 0 Å². The molecule has 2 atom stereocenters. The zero-order valence-corrected chi connectivity index (χ0v) is 8.91. The molecule has 2 aliphatic carbocycles. The topological polar surface area (TPSA) is 0 Å². The highest BCUT2D eigenvalue weighted by Gasteiger charge is 2.37. The summed E-state index contributed by atoms with van der Waals surface area (Å²) in [5.41, 5.74) is 1.73. The van der Waals surface area contributed by atoms with Gasteiger partial charge >= 0.3 is 0 Å². The minimum absolute atomic E-state index is 0.144. The van der Waals surface area contributed by atoms with Crippen molar-refractivity contribution in [2.24, 2.45) is 5.92 Å². The van der Waals surface area contributed by atoms with Crippen molar-refractivity contribution in [2.45, 2.75) is 37.7 Å². The van der Waals surface area contributed by atoms with E-state index in [2.05, 4.69) is 13.1 Å². The molecule has 2 rings (SSSR count). The summed E-state index contributed by atoms with van der Waals surface area (Å²) >= 11 is 6.16. The van der Waals surface area contributed by atoms with Crippen LogP contribution in [0.15, 0.2) is 10.8 Å². The average molecular weight is 186 g/mol. The lowest BCUT2D eigenvalue weighted by molar-refractivity contribution is 0.579. The van der Waals surface area contributed by atoms with Gasteiger partial charge in [-0.2, -0.15) is 0 Å². The molecule has 1 saturated carbocycles. The van der Waals surface area contributed by atoms with E-state index in [1.807, 2.05) is 5.20 Å². The molecule has 0 amide bonds. The summed E-state index contributed by atoms with van der Waals surface area (Å²) in [5.74, 6) is 0.821. The molecule has 11 heavy (non-hydrogen) atoms. The number of alkyl halides is 1. The highest BCUT2D eigenvalue weighted by atomic mass is 35.5. The summed E-state index contributed by atoms with van der Waals surface area (Å²) in [6.07, 6.45) is 3.88. The average Bonchev–Trinajstić information content (AvgIpc) is 2.43. The third-order valence-electron chi connectivity index (χ3n) is 2.96. The maximum absolute atomic E-state index is 6.16. The Kier molecular flexibility index (Phi) is 1.88. The lowest BCUT2D eigenvalue weighted by Crippen LogP contribution is -2.15. The van der Waals surface area contributed by atoms with Gasteiger partial charge in [0.2, 0.25) is 0 Å². The van der Waals surface area contributed by atoms with E-state index in [0.717, 1.165) is 5.92 Å². The Balaban J connectivity index is 2.21. The summed E-state index contributed by atoms with van der Waals surface area (Å²) < 4.78 is 0. The fraction of sp³-hybridized carbons (Fsp3) is 0.778. The van der Waals surface area contributed by atoms with Crippen molar-refractivity contribution >= 4 is 20.4 Å². The minimum atomic E-state index is -0.144. The van der Waals surface area contributed by atoms with Gasteiger partial charge in [-0.3, -0.25) is 0 Å². The van der Waals surface area contributed by atoms with Crippen LogP contribution in [-0.2, 0) is 0 Å². The van der Waals surface area contributed by atoms with Crippen molar-refractivity contribution in [1.82, 2.24) is 0 Å². The van der Waals surface area contributed by atoms with E-state index in [1.165, 1.54) is 19.3 Å². The van der Waals surface area contributed by atoms with Crippen LogP contribution in [0.1, 0.15) is 19.3 Å². The predicted octanol–water partition coefficient (Wildman–Crippen LogP) is 3.00. The van der Waals surface area contributed by atoms with Crippen molar-refractivity contribution in [1.29, 1.82) is 0 Å². The molecule has 2 heteroatoms. The molecule has 0 spiro atoms. The zero-order valence-electron chi connectivity index (χ0n) is 7.15. The van der Waals surface area contributed by atoms with E-state index in [9.17, 15) is 0 Å². The highest BCUT2D eigenvalue weighted by molar-refractivity contribution is 6.64. The monoisotopic (exact) mass is 185 g/mol. The van der Waals surface area contributed by atoms with Gasteiger partial charge < -0.3 is 0 Å². The second-order valence-corrected chi connectivity index (χ2v) is 7.13. The smallest absolute Gasteiger partial charge is 0.0736 e. The second-order valence-electron chi connectivity index (χ2n) is 3.97. The van der Waals surface area contributed by atoms with Crippen molar-refractivity contribution in [3.05, 3.63) is 10.8 Å². The molecule has 2 unspecified atom stereocenters. The minimum Gasteiger partial charge on any atom is -0.122 e. The van der Waals surface area contributed by atoms with E-state index in [1.54, 1.807) is 5.57 Å². The normalized spacial score (nSPS) is 36.0. The first-order valence-electron chi connectivity index (χ1n) is 4.34. The van der Waals surface area contributed by atoms with E-state index in [0.29, 0.717) is 5.38 Å². The van der Waals surface area contributed by atoms with Crippen molar-refractivity contribution in [3.8, 4) is 0 Å². The molecule has 0 saturated heterocycles. The maximum Gasteiger partial charge on any atom is 0.0736 e. The first-order chi connectivity index (χ1) is 5.18. The van der Waals surface area contributed by atoms with Crippen LogP contribution in [0.25, 0.3) is 0 Å². The van der Waals surface area contributed by atoms with Gasteiger partial charge in [0.15, 0.2) is 0 Å². The number of rotatable bonds is 1. The molecule has 0 heterocycles. The molecule has 0 aromatic rings. The van der Waals surface area contributed by atoms with Crippen molar-refractivity contribution < 1.29 is 0 Å². The predicted molar refractivity (Wildman–Crippen MR) is 51.5 cm³/mol. The van der Waals surface area contributed by atoms with Gasteiger partial charge in [-0.1, -0.05) is 23.9 Å². The summed E-state index contributed by atoms with van der Waals surface area (Å²) in [4.78, 5) is 0. The number of halogens is 1. The molecule has 1 radical (unpaired) electrons. The van der Waals surface area contributed by atoms with Crippen LogP contribution >= 0.6 is 11.6 Å². The molecule has 0 aromatic carbocycles. The highest BCUT2D eigenvalue weighted by Crippen LogP contribution is 2.47. The fourth-order valence-corrected chi connectivity index (χ4v) is 4.29. The number of hydrogen-bond acceptors (Lipinski definition) is 0. The van der Waals surface area contributed by atoms with Gasteiger partial charge in [-0.15, -0.1) is 11.6 Å². The van der Waals surface area contributed by atoms with Crippen LogP contribution in [0.3, 0.4) is 0 Å². The van der Waals surface area contributed by atoms with Gasteiger partial charge in [0, 0.05) is 5.38 Å². The van der Waals surface area contributed by atoms with E-state index in [-0.39, 0.29) is 8.80 Å². The van der Waals surface area contributed by atoms with Gasteiger partial charge in [0.25, 0.3) is 0 Å². The second kappa shape index (κ2) is 2.63. The van der Waals surface area contributed by atoms with Crippen LogP contribution in [-0.4, -0.2) is 14.2 Å². The van der Waals surface area contributed by atoms with Crippen LogP contribution < -0.4 is 0 Å². The Hall–Kier alpha value is 0.247. The molecule has 0 nitrogen and oxygen atoms in total. The van der Waals surface area contributed by atoms with Gasteiger partial charge in [-0.05, 0) is 25.2 Å². The quantitative estimate of drug-likeness (QED) is 0.435. The first kappa shape index (κ1) is 7.87. The lowest BCUT2D eigenvalue weighted by atomic mass is 10.1. The molecule has 1 fully saturated rings. The Bertz CT molecular complexity index is 208. The maximum atomic E-state index is 6.16. The Morgan fingerprint density at radius 2 is 2.00 bits per heavy atom. The molecule has 61 valence electrons. The van der Waals surface area contributed by atoms with Crippen LogP contribution in [0.5, 0.6) is 0 Å². The zero-order chi connectivity index (χ0) is 8.01. The fourth-order valence-electron chi connectivity index (χ4n) is 2.34. The Morgan fingerprint density at radius 1 is 1.27 bits per heavy atom. The molecule has 0 aromatic heterocycles. The number of allylic oxidation sites excluding steroid dienone is 2. The van der Waals surface area contributed by atoms with Crippen LogP contribution in [0.4, 0.5) is 0 Å². The summed E-state index contributed by atoms with van der Waals surface area (Å²) in [6.45, 7) is 4.80. The Labute approximate surface area is 75.2 Å². The number of hydrogen-bond donors (Lipinski definition) is 0. The van der Waals surface area contributed by atoms with Crippen LogP contribution in [0, 0.1) is 5.92 Å². The summed E-state index contributed by atoms with van der Waals surface area (Å²) in [7, 11) is -0.144. The molecular formula is C9H14ClSi. The molecule has 2 aliphatic rings. The van der Waals surface area contributed by atoms with Gasteiger partial charge in [0.05, 0.1) is 8.80 Å². The number of fused-ring (bicyclic) bond motifs is 2. The third kappa shape index (κ3) is 1.19. The standard InChI is InChI=1S/C9H14ClSi/c1-11(2)9-5-6-3-7(9)4-8(6)10/h6,8H,3-5H2,1-2H3. The lowest BCUT2D eigenvalue weighted by Gasteiger charge is -2.18. The van der Waals surface area contributed by atoms with Gasteiger partial charge in [-0.25, -0.2) is 0 Å². The molecular weight excluding hydrogens is 172 g/mol. The first-order valence-corrected chi connectivity index (χ1v) is 7.27. The molecule has 2 bridgehead atoms. The van der Waals surface area contributed by atoms with Gasteiger partial charge in [0.1, 0.15) is 0 Å². The third-order valence-corrected chi connectivity index (χ3v) is 5.23. The SMILES string of the molecule is C[Si](C)C1=C2CC(Cl)C(C2)C1. The van der Waals surface area contributed by atoms with Crippen molar-refractivity contribution in [3.63, 3.8) is 0 Å². The van der Waals surface area contributed by atoms with E-state index < -0.39 is 0 Å². The van der Waals surface area contributed by atoms with Crippen LogP contribution in [0.2, 0.25) is 13.1 Å². The van der Waals surface area contributed by atoms with E-state index >= 15 is 0 Å². The molecule has 0 N–H and O–H groups in total.